The Bertz CT molecular complexity index is 1040. The van der Waals surface area contributed by atoms with E-state index in [9.17, 15) is 10.1 Å². The van der Waals surface area contributed by atoms with Gasteiger partial charge >= 0.3 is 0 Å². The smallest absolute Gasteiger partial charge is 0.262 e. The summed E-state index contributed by atoms with van der Waals surface area (Å²) < 4.78 is 18.7. The van der Waals surface area contributed by atoms with Gasteiger partial charge in [0.2, 0.25) is 0 Å². The number of carbonyl (C=O) groups is 1. The molecule has 1 aromatic heterocycles. The number of ether oxygens (including phenoxy) is 3. The Morgan fingerprint density at radius 1 is 1.34 bits per heavy atom. The first-order chi connectivity index (χ1) is 15.4. The molecular formula is C25H31N3O4. The molecule has 1 amide bonds. The number of hydrogen-bond acceptors (Lipinski definition) is 5. The number of benzene rings is 1. The fourth-order valence-electron chi connectivity index (χ4n) is 4.08. The average molecular weight is 438 g/mol. The van der Waals surface area contributed by atoms with Crippen molar-refractivity contribution in [3.63, 3.8) is 0 Å². The molecule has 170 valence electrons. The van der Waals surface area contributed by atoms with E-state index in [1.165, 1.54) is 0 Å². The molecule has 1 N–H and O–H groups in total. The summed E-state index contributed by atoms with van der Waals surface area (Å²) >= 11 is 0. The van der Waals surface area contributed by atoms with Crippen LogP contribution in [0, 0.1) is 25.2 Å². The maximum Gasteiger partial charge on any atom is 0.262 e. The molecule has 7 nitrogen and oxygen atoms in total. The van der Waals surface area contributed by atoms with Crippen molar-refractivity contribution in [3.05, 3.63) is 52.4 Å². The van der Waals surface area contributed by atoms with Gasteiger partial charge in [0.05, 0.1) is 26.4 Å². The number of aromatic nitrogens is 1. The summed E-state index contributed by atoms with van der Waals surface area (Å²) in [5, 5.41) is 12.6. The van der Waals surface area contributed by atoms with Gasteiger partial charge in [0.15, 0.2) is 0 Å². The van der Waals surface area contributed by atoms with E-state index in [0.717, 1.165) is 48.5 Å². The van der Waals surface area contributed by atoms with Crippen molar-refractivity contribution in [2.24, 2.45) is 0 Å². The van der Waals surface area contributed by atoms with Crippen molar-refractivity contribution in [1.82, 2.24) is 9.88 Å². The maximum absolute atomic E-state index is 12.9. The fourth-order valence-corrected chi connectivity index (χ4v) is 4.08. The van der Waals surface area contributed by atoms with Gasteiger partial charge in [-0.1, -0.05) is 0 Å². The Balaban J connectivity index is 1.80. The molecule has 3 rings (SSSR count). The molecule has 0 saturated carbocycles. The summed E-state index contributed by atoms with van der Waals surface area (Å²) in [6, 6.07) is 9.08. The van der Waals surface area contributed by atoms with E-state index in [-0.39, 0.29) is 17.7 Å². The highest BCUT2D eigenvalue weighted by Crippen LogP contribution is 2.29. The minimum atomic E-state index is -0.436. The van der Waals surface area contributed by atoms with Gasteiger partial charge in [-0.05, 0) is 69.5 Å². The van der Waals surface area contributed by atoms with Crippen LogP contribution in [0.3, 0.4) is 0 Å². The van der Waals surface area contributed by atoms with Crippen LogP contribution in [-0.2, 0) is 16.1 Å². The molecule has 0 bridgehead atoms. The van der Waals surface area contributed by atoms with Crippen molar-refractivity contribution in [3.8, 4) is 17.6 Å². The summed E-state index contributed by atoms with van der Waals surface area (Å²) in [5.74, 6) is 0.865. The molecule has 7 heteroatoms. The van der Waals surface area contributed by atoms with E-state index in [2.05, 4.69) is 9.88 Å². The molecule has 1 aliphatic heterocycles. The van der Waals surface area contributed by atoms with Crippen molar-refractivity contribution < 1.29 is 19.0 Å². The van der Waals surface area contributed by atoms with Crippen molar-refractivity contribution in [2.75, 3.05) is 20.8 Å². The predicted molar refractivity (Wildman–Crippen MR) is 123 cm³/mol. The van der Waals surface area contributed by atoms with Crippen LogP contribution in [0.1, 0.15) is 48.3 Å². The lowest BCUT2D eigenvalue weighted by molar-refractivity contribution is -0.117. The van der Waals surface area contributed by atoms with Crippen molar-refractivity contribution in [1.29, 1.82) is 5.26 Å². The van der Waals surface area contributed by atoms with Crippen molar-refractivity contribution >= 4 is 12.0 Å². The molecule has 0 aliphatic carbocycles. The number of nitrogens with zero attached hydrogens (tertiary/aromatic N) is 2. The lowest BCUT2D eigenvalue weighted by atomic mass is 10.1. The van der Waals surface area contributed by atoms with Gasteiger partial charge in [-0.25, -0.2) is 0 Å². The minimum Gasteiger partial charge on any atom is -0.497 e. The molecule has 0 spiro atoms. The lowest BCUT2D eigenvalue weighted by Crippen LogP contribution is -2.28. The molecular weight excluding hydrogens is 406 g/mol. The quantitative estimate of drug-likeness (QED) is 0.497. The van der Waals surface area contributed by atoms with Gasteiger partial charge in [-0.3, -0.25) is 4.79 Å². The second kappa shape index (κ2) is 10.4. The van der Waals surface area contributed by atoms with Gasteiger partial charge < -0.3 is 24.1 Å². The van der Waals surface area contributed by atoms with E-state index >= 15 is 0 Å². The van der Waals surface area contributed by atoms with E-state index in [1.54, 1.807) is 32.4 Å². The Hall–Kier alpha value is -3.24. The molecule has 32 heavy (non-hydrogen) atoms. The average Bonchev–Trinajstić information content (AvgIpc) is 3.40. The number of hydrogen-bond donors (Lipinski definition) is 1. The Morgan fingerprint density at radius 3 is 2.75 bits per heavy atom. The molecule has 2 unspecified atom stereocenters. The van der Waals surface area contributed by atoms with Gasteiger partial charge in [0.25, 0.3) is 5.91 Å². The van der Waals surface area contributed by atoms with E-state index in [0.29, 0.717) is 11.5 Å². The minimum absolute atomic E-state index is 0.0519. The number of carbonyl (C=O) groups excluding carboxylic acids is 1. The molecule has 1 fully saturated rings. The van der Waals surface area contributed by atoms with Crippen LogP contribution in [0.2, 0.25) is 0 Å². The first-order valence-corrected chi connectivity index (χ1v) is 10.8. The highest BCUT2D eigenvalue weighted by Gasteiger charge is 2.21. The van der Waals surface area contributed by atoms with Crippen LogP contribution >= 0.6 is 0 Å². The van der Waals surface area contributed by atoms with E-state index < -0.39 is 5.91 Å². The number of rotatable bonds is 8. The molecule has 1 saturated heterocycles. The van der Waals surface area contributed by atoms with Crippen LogP contribution in [0.25, 0.3) is 6.08 Å². The Kier molecular flexibility index (Phi) is 7.60. The topological polar surface area (TPSA) is 85.5 Å². The van der Waals surface area contributed by atoms with Crippen LogP contribution in [0.4, 0.5) is 0 Å². The first-order valence-electron chi connectivity index (χ1n) is 10.8. The predicted octanol–water partition coefficient (Wildman–Crippen LogP) is 4.09. The third kappa shape index (κ3) is 5.14. The van der Waals surface area contributed by atoms with Crippen LogP contribution in [0.15, 0.2) is 29.8 Å². The fraction of sp³-hybridized carbons (Fsp3) is 0.440. The second-order valence-corrected chi connectivity index (χ2v) is 8.04. The first kappa shape index (κ1) is 23.4. The third-order valence-corrected chi connectivity index (χ3v) is 5.94. The highest BCUT2D eigenvalue weighted by atomic mass is 16.5. The molecule has 2 heterocycles. The number of nitriles is 1. The normalized spacial score (nSPS) is 17.0. The van der Waals surface area contributed by atoms with Gasteiger partial charge in [0, 0.05) is 30.1 Å². The molecule has 0 radical (unpaired) electrons. The summed E-state index contributed by atoms with van der Waals surface area (Å²) in [6.07, 6.45) is 4.01. The van der Waals surface area contributed by atoms with Gasteiger partial charge in [-0.2, -0.15) is 5.26 Å². The molecule has 2 atom stereocenters. The monoisotopic (exact) mass is 437 g/mol. The molecule has 1 aliphatic rings. The Morgan fingerprint density at radius 2 is 2.12 bits per heavy atom. The third-order valence-electron chi connectivity index (χ3n) is 5.94. The summed E-state index contributed by atoms with van der Waals surface area (Å²) in [6.45, 7) is 7.47. The van der Waals surface area contributed by atoms with E-state index in [1.807, 2.05) is 39.0 Å². The lowest BCUT2D eigenvalue weighted by Gasteiger charge is -2.18. The van der Waals surface area contributed by atoms with Crippen molar-refractivity contribution in [2.45, 2.75) is 52.3 Å². The summed E-state index contributed by atoms with van der Waals surface area (Å²) in [5.41, 5.74) is 3.78. The SMILES string of the molecule is COc1ccc(OC)c(C(C)NC(=O)/C(C#N)=C/c2cc(C)n(CC3CCCO3)c2C)c1. The zero-order valence-electron chi connectivity index (χ0n) is 19.4. The van der Waals surface area contributed by atoms with Gasteiger partial charge in [-0.15, -0.1) is 0 Å². The van der Waals surface area contributed by atoms with Crippen LogP contribution in [0.5, 0.6) is 11.5 Å². The van der Waals surface area contributed by atoms with Gasteiger partial charge in [0.1, 0.15) is 23.1 Å². The molecule has 2 aromatic rings. The summed E-state index contributed by atoms with van der Waals surface area (Å²) in [4.78, 5) is 12.9. The maximum atomic E-state index is 12.9. The summed E-state index contributed by atoms with van der Waals surface area (Å²) in [7, 11) is 3.16. The molecule has 1 aromatic carbocycles. The highest BCUT2D eigenvalue weighted by molar-refractivity contribution is 6.02. The van der Waals surface area contributed by atoms with Crippen LogP contribution in [-0.4, -0.2) is 37.4 Å². The number of amides is 1. The number of methoxy groups -OCH3 is 2. The Labute approximate surface area is 189 Å². The zero-order valence-corrected chi connectivity index (χ0v) is 19.4. The van der Waals surface area contributed by atoms with Crippen LogP contribution < -0.4 is 14.8 Å². The standard InChI is InChI=1S/C25H31N3O4/c1-16-11-19(18(3)28(16)15-22-7-6-10-32-22)12-20(14-26)25(29)27-17(2)23-13-21(30-4)8-9-24(23)31-5/h8-9,11-13,17,22H,6-7,10,15H2,1-5H3,(H,27,29)/b20-12+. The number of nitrogens with one attached hydrogen (secondary N) is 1. The largest absolute Gasteiger partial charge is 0.497 e. The zero-order chi connectivity index (χ0) is 23.3. The second-order valence-electron chi connectivity index (χ2n) is 8.04. The van der Waals surface area contributed by atoms with E-state index in [4.69, 9.17) is 14.2 Å². The number of aryl methyl sites for hydroxylation is 1.